The Bertz CT molecular complexity index is 590. The minimum absolute atomic E-state index is 0.229. The van der Waals surface area contributed by atoms with Gasteiger partial charge in [-0.25, -0.2) is 4.79 Å². The lowest BCUT2D eigenvalue weighted by Crippen LogP contribution is -2.45. The number of carbonyl (C=O) groups excluding carboxylic acids is 1. The number of benzene rings is 1. The molecule has 0 aromatic heterocycles. The van der Waals surface area contributed by atoms with Gasteiger partial charge in [-0.3, -0.25) is 4.79 Å². The van der Waals surface area contributed by atoms with Crippen molar-refractivity contribution in [1.29, 1.82) is 0 Å². The van der Waals surface area contributed by atoms with E-state index in [1.165, 1.54) is 11.1 Å². The Balaban J connectivity index is 2.81. The van der Waals surface area contributed by atoms with Crippen LogP contribution in [0.2, 0.25) is 0 Å². The van der Waals surface area contributed by atoms with E-state index in [0.29, 0.717) is 17.4 Å². The van der Waals surface area contributed by atoms with E-state index in [-0.39, 0.29) is 17.1 Å². The third-order valence-electron chi connectivity index (χ3n) is 4.59. The molecule has 0 aliphatic rings. The van der Waals surface area contributed by atoms with Crippen LogP contribution < -0.4 is 5.32 Å². The summed E-state index contributed by atoms with van der Waals surface area (Å²) in [7, 11) is 0. The molecule has 3 atom stereocenters. The highest BCUT2D eigenvalue weighted by Gasteiger charge is 2.24. The van der Waals surface area contributed by atoms with Crippen molar-refractivity contribution in [3.05, 3.63) is 35.4 Å². The predicted molar refractivity (Wildman–Crippen MR) is 118 cm³/mol. The summed E-state index contributed by atoms with van der Waals surface area (Å²) in [5.74, 6) is -0.329. The van der Waals surface area contributed by atoms with Gasteiger partial charge in [0, 0.05) is 22.7 Å². The van der Waals surface area contributed by atoms with Gasteiger partial charge in [0.15, 0.2) is 0 Å². The van der Waals surface area contributed by atoms with Crippen LogP contribution >= 0.6 is 24.4 Å². The number of aliphatic carboxylic acids is 1. The molecule has 152 valence electrons. The van der Waals surface area contributed by atoms with E-state index in [1.54, 1.807) is 18.7 Å². The minimum Gasteiger partial charge on any atom is -0.480 e. The highest BCUT2D eigenvalue weighted by atomic mass is 32.2. The van der Waals surface area contributed by atoms with Gasteiger partial charge in [-0.1, -0.05) is 64.8 Å². The Morgan fingerprint density at radius 3 is 2.22 bits per heavy atom. The first-order valence-corrected chi connectivity index (χ1v) is 11.3. The van der Waals surface area contributed by atoms with Gasteiger partial charge >= 0.3 is 5.97 Å². The lowest BCUT2D eigenvalue weighted by molar-refractivity contribution is -0.141. The van der Waals surface area contributed by atoms with Gasteiger partial charge in [0.25, 0.3) is 0 Å². The second kappa shape index (κ2) is 12.3. The van der Waals surface area contributed by atoms with Crippen LogP contribution in [0.5, 0.6) is 0 Å². The van der Waals surface area contributed by atoms with E-state index >= 15 is 0 Å². The topological polar surface area (TPSA) is 66.4 Å². The largest absolute Gasteiger partial charge is 0.480 e. The number of thioether (sulfide) groups is 1. The summed E-state index contributed by atoms with van der Waals surface area (Å²) < 4.78 is 0. The second-order valence-electron chi connectivity index (χ2n) is 7.27. The summed E-state index contributed by atoms with van der Waals surface area (Å²) in [5.41, 5.74) is 2.52. The summed E-state index contributed by atoms with van der Waals surface area (Å²) in [6, 6.07) is 7.73. The van der Waals surface area contributed by atoms with Crippen LogP contribution in [-0.4, -0.2) is 34.5 Å². The number of nitrogens with one attached hydrogen (secondary N) is 1. The van der Waals surface area contributed by atoms with E-state index in [4.69, 9.17) is 0 Å². The molecule has 0 saturated carbocycles. The maximum absolute atomic E-state index is 12.0. The summed E-state index contributed by atoms with van der Waals surface area (Å²) >= 11 is 5.72. The predicted octanol–water partition coefficient (Wildman–Crippen LogP) is 4.91. The first-order chi connectivity index (χ1) is 12.8. The maximum atomic E-state index is 12.0. The summed E-state index contributed by atoms with van der Waals surface area (Å²) in [6.07, 6.45) is 3.18. The number of hydrogen-bond donors (Lipinski definition) is 3. The first kappa shape index (κ1) is 23.9. The molecule has 0 bridgehead atoms. The zero-order chi connectivity index (χ0) is 20.4. The summed E-state index contributed by atoms with van der Waals surface area (Å²) in [6.45, 7) is 8.24. The van der Waals surface area contributed by atoms with Crippen LogP contribution in [0.25, 0.3) is 0 Å². The Kier molecular flexibility index (Phi) is 10.9. The zero-order valence-corrected chi connectivity index (χ0v) is 18.5. The number of thiol groups is 1. The molecule has 4 nitrogen and oxygen atoms in total. The molecule has 0 fully saturated rings. The van der Waals surface area contributed by atoms with Crippen molar-refractivity contribution in [2.24, 2.45) is 5.92 Å². The normalized spacial score (nSPS) is 14.6. The maximum Gasteiger partial charge on any atom is 0.327 e. The van der Waals surface area contributed by atoms with E-state index in [1.807, 2.05) is 0 Å². The molecule has 1 rings (SSSR count). The van der Waals surface area contributed by atoms with Crippen LogP contribution in [0.3, 0.4) is 0 Å². The fourth-order valence-electron chi connectivity index (χ4n) is 2.62. The lowest BCUT2D eigenvalue weighted by atomic mass is 9.99. The van der Waals surface area contributed by atoms with Crippen LogP contribution in [0.1, 0.15) is 69.3 Å². The van der Waals surface area contributed by atoms with Crippen molar-refractivity contribution in [1.82, 2.24) is 5.32 Å². The van der Waals surface area contributed by atoms with Gasteiger partial charge in [-0.15, -0.1) is 0 Å². The molecule has 6 heteroatoms. The van der Waals surface area contributed by atoms with Gasteiger partial charge in [-0.2, -0.15) is 24.4 Å². The Morgan fingerprint density at radius 1 is 1.15 bits per heavy atom. The number of carboxylic acid groups (broad SMARTS) is 1. The van der Waals surface area contributed by atoms with E-state index in [2.05, 4.69) is 63.0 Å². The molecule has 2 N–H and O–H groups in total. The van der Waals surface area contributed by atoms with Crippen LogP contribution in [0, 0.1) is 5.92 Å². The quantitative estimate of drug-likeness (QED) is 0.428. The van der Waals surface area contributed by atoms with Crippen molar-refractivity contribution in [3.63, 3.8) is 0 Å². The molecule has 1 unspecified atom stereocenters. The molecular formula is C21H33NO3S2. The highest BCUT2D eigenvalue weighted by molar-refractivity contribution is 7.99. The SMILES string of the molecule is CCCCC(SC[C@H](NC(=O)[C@H](C)CS)C(=O)O)c1ccc(C(C)C)cc1. The number of rotatable bonds is 12. The molecule has 0 heterocycles. The van der Waals surface area contributed by atoms with Crippen LogP contribution in [0.15, 0.2) is 24.3 Å². The standard InChI is InChI=1S/C21H33NO3S2/c1-5-6-7-19(17-10-8-16(9-11-17)14(2)3)27-13-18(21(24)25)22-20(23)15(4)12-26/h8-11,14-15,18-19,26H,5-7,12-13H2,1-4H3,(H,22,23)(H,24,25)/t15-,18+,19?/m1/s1. The molecular weight excluding hydrogens is 378 g/mol. The zero-order valence-electron chi connectivity index (χ0n) is 16.8. The minimum atomic E-state index is -0.994. The second-order valence-corrected chi connectivity index (χ2v) is 8.87. The highest BCUT2D eigenvalue weighted by Crippen LogP contribution is 2.34. The fourth-order valence-corrected chi connectivity index (χ4v) is 4.11. The third kappa shape index (κ3) is 8.18. The van der Waals surface area contributed by atoms with E-state index < -0.39 is 12.0 Å². The van der Waals surface area contributed by atoms with Crippen molar-refractivity contribution < 1.29 is 14.7 Å². The van der Waals surface area contributed by atoms with Crippen molar-refractivity contribution >= 4 is 36.3 Å². The molecule has 0 aliphatic carbocycles. The molecule has 0 radical (unpaired) electrons. The average molecular weight is 412 g/mol. The monoisotopic (exact) mass is 411 g/mol. The summed E-state index contributed by atoms with van der Waals surface area (Å²) in [5, 5.41) is 12.4. The molecule has 0 aliphatic heterocycles. The molecule has 1 aromatic rings. The van der Waals surface area contributed by atoms with Crippen LogP contribution in [0.4, 0.5) is 0 Å². The average Bonchev–Trinajstić information content (AvgIpc) is 2.66. The van der Waals surface area contributed by atoms with Crippen molar-refractivity contribution in [2.45, 2.75) is 64.2 Å². The number of unbranched alkanes of at least 4 members (excludes halogenated alkanes) is 1. The third-order valence-corrected chi connectivity index (χ3v) is 6.58. The smallest absolute Gasteiger partial charge is 0.327 e. The Labute approximate surface area is 173 Å². The lowest BCUT2D eigenvalue weighted by Gasteiger charge is -2.21. The number of carboxylic acids is 1. The van der Waals surface area contributed by atoms with E-state index in [9.17, 15) is 14.7 Å². The Morgan fingerprint density at radius 2 is 1.74 bits per heavy atom. The van der Waals surface area contributed by atoms with Crippen molar-refractivity contribution in [2.75, 3.05) is 11.5 Å². The van der Waals surface area contributed by atoms with Crippen molar-refractivity contribution in [3.8, 4) is 0 Å². The number of amides is 1. The van der Waals surface area contributed by atoms with Gasteiger partial charge in [-0.05, 0) is 23.5 Å². The summed E-state index contributed by atoms with van der Waals surface area (Å²) in [4.78, 5) is 23.6. The molecule has 0 saturated heterocycles. The fraction of sp³-hybridized carbons (Fsp3) is 0.619. The van der Waals surface area contributed by atoms with E-state index in [0.717, 1.165) is 19.3 Å². The molecule has 1 aromatic carbocycles. The van der Waals surface area contributed by atoms with Gasteiger partial charge in [0.2, 0.25) is 5.91 Å². The van der Waals surface area contributed by atoms with Gasteiger partial charge in [0.1, 0.15) is 6.04 Å². The molecule has 0 spiro atoms. The number of hydrogen-bond acceptors (Lipinski definition) is 4. The molecule has 27 heavy (non-hydrogen) atoms. The van der Waals surface area contributed by atoms with Crippen LogP contribution in [-0.2, 0) is 9.59 Å². The molecule has 1 amide bonds. The number of carbonyl (C=O) groups is 2. The first-order valence-electron chi connectivity index (χ1n) is 9.65. The van der Waals surface area contributed by atoms with Gasteiger partial charge < -0.3 is 10.4 Å². The Hall–Kier alpha value is -1.14. The van der Waals surface area contributed by atoms with Gasteiger partial charge in [0.05, 0.1) is 0 Å².